The predicted molar refractivity (Wildman–Crippen MR) is 103 cm³/mol. The largest absolute Gasteiger partial charge is 0.383 e. The Balaban J connectivity index is 1.51. The first-order valence-corrected chi connectivity index (χ1v) is 10.2. The summed E-state index contributed by atoms with van der Waals surface area (Å²) in [5.41, 5.74) is 0.755. The molecule has 3 aliphatic rings. The highest BCUT2D eigenvalue weighted by molar-refractivity contribution is 5.92. The molecule has 1 aromatic rings. The first kappa shape index (κ1) is 18.5. The molecular weight excluding hydrogens is 340 g/mol. The summed E-state index contributed by atoms with van der Waals surface area (Å²) in [6.07, 6.45) is 6.27. The fourth-order valence-corrected chi connectivity index (χ4v) is 5.28. The number of hydrogen-bond donors (Lipinski definition) is 1. The van der Waals surface area contributed by atoms with E-state index in [-0.39, 0.29) is 28.6 Å². The van der Waals surface area contributed by atoms with Gasteiger partial charge in [0.25, 0.3) is 0 Å². The SMILES string of the molecule is COCCNC(=O)C1CN(C(=O)C2(c3ccccc3)CC2)CC12CCCC2. The van der Waals surface area contributed by atoms with Gasteiger partial charge in [0.15, 0.2) is 0 Å². The van der Waals surface area contributed by atoms with Crippen LogP contribution in [0.5, 0.6) is 0 Å². The van der Waals surface area contributed by atoms with Crippen LogP contribution in [0.25, 0.3) is 0 Å². The van der Waals surface area contributed by atoms with Crippen LogP contribution in [-0.4, -0.2) is 50.1 Å². The van der Waals surface area contributed by atoms with E-state index in [9.17, 15) is 9.59 Å². The zero-order valence-corrected chi connectivity index (χ0v) is 16.2. The smallest absolute Gasteiger partial charge is 0.233 e. The Morgan fingerprint density at radius 3 is 2.48 bits per heavy atom. The quantitative estimate of drug-likeness (QED) is 0.783. The number of methoxy groups -OCH3 is 1. The second kappa shape index (κ2) is 7.27. The molecule has 0 radical (unpaired) electrons. The summed E-state index contributed by atoms with van der Waals surface area (Å²) in [6, 6.07) is 10.2. The molecule has 1 unspecified atom stereocenters. The van der Waals surface area contributed by atoms with Gasteiger partial charge in [-0.15, -0.1) is 0 Å². The van der Waals surface area contributed by atoms with E-state index < -0.39 is 0 Å². The molecule has 1 heterocycles. The minimum Gasteiger partial charge on any atom is -0.383 e. The van der Waals surface area contributed by atoms with Gasteiger partial charge in [0.1, 0.15) is 0 Å². The van der Waals surface area contributed by atoms with Crippen LogP contribution in [0.15, 0.2) is 30.3 Å². The van der Waals surface area contributed by atoms with Gasteiger partial charge in [0.05, 0.1) is 17.9 Å². The third-order valence-electron chi connectivity index (χ3n) is 6.94. The van der Waals surface area contributed by atoms with Crippen LogP contribution < -0.4 is 5.32 Å². The van der Waals surface area contributed by atoms with Gasteiger partial charge in [-0.3, -0.25) is 9.59 Å². The fraction of sp³-hybridized carbons (Fsp3) is 0.636. The number of carbonyl (C=O) groups excluding carboxylic acids is 2. The number of likely N-dealkylation sites (tertiary alicyclic amines) is 1. The number of ether oxygens (including phenoxy) is 1. The minimum atomic E-state index is -0.345. The standard InChI is InChI=1S/C22H30N2O3/c1-27-14-13-23-19(25)18-15-24(16-21(18)9-5-6-10-21)20(26)22(11-12-22)17-7-3-2-4-8-17/h2-4,7-8,18H,5-6,9-16H2,1H3,(H,23,25). The van der Waals surface area contributed by atoms with Gasteiger partial charge in [-0.1, -0.05) is 43.2 Å². The van der Waals surface area contributed by atoms with E-state index in [2.05, 4.69) is 17.4 Å². The first-order chi connectivity index (χ1) is 13.1. The molecule has 5 heteroatoms. The molecule has 1 saturated heterocycles. The van der Waals surface area contributed by atoms with Crippen LogP contribution in [0.4, 0.5) is 0 Å². The number of rotatable bonds is 6. The molecule has 2 amide bonds. The Morgan fingerprint density at radius 2 is 1.85 bits per heavy atom. The number of hydrogen-bond acceptors (Lipinski definition) is 3. The average Bonchev–Trinajstić information content (AvgIpc) is 3.24. The molecule has 4 rings (SSSR count). The van der Waals surface area contributed by atoms with Gasteiger partial charge in [0.2, 0.25) is 11.8 Å². The van der Waals surface area contributed by atoms with Crippen molar-refractivity contribution in [2.75, 3.05) is 33.4 Å². The number of benzene rings is 1. The van der Waals surface area contributed by atoms with Crippen molar-refractivity contribution in [3.63, 3.8) is 0 Å². The summed E-state index contributed by atoms with van der Waals surface area (Å²) in [7, 11) is 1.64. The zero-order chi connectivity index (χ0) is 18.9. The topological polar surface area (TPSA) is 58.6 Å². The lowest BCUT2D eigenvalue weighted by Crippen LogP contribution is -2.41. The second-order valence-corrected chi connectivity index (χ2v) is 8.54. The second-order valence-electron chi connectivity index (χ2n) is 8.54. The summed E-state index contributed by atoms with van der Waals surface area (Å²) >= 11 is 0. The molecule has 0 bridgehead atoms. The van der Waals surface area contributed by atoms with Gasteiger partial charge >= 0.3 is 0 Å². The van der Waals surface area contributed by atoms with Crippen molar-refractivity contribution in [3.05, 3.63) is 35.9 Å². The molecule has 3 fully saturated rings. The molecular formula is C22H30N2O3. The lowest BCUT2D eigenvalue weighted by Gasteiger charge is -2.29. The summed E-state index contributed by atoms with van der Waals surface area (Å²) in [6.45, 7) is 2.35. The van der Waals surface area contributed by atoms with Gasteiger partial charge in [-0.25, -0.2) is 0 Å². The Kier molecular flexibility index (Phi) is 4.97. The molecule has 2 aliphatic carbocycles. The molecule has 1 N–H and O–H groups in total. The van der Waals surface area contributed by atoms with Crippen LogP contribution >= 0.6 is 0 Å². The van der Waals surface area contributed by atoms with Gasteiger partial charge in [-0.2, -0.15) is 0 Å². The van der Waals surface area contributed by atoms with Crippen molar-refractivity contribution in [3.8, 4) is 0 Å². The van der Waals surface area contributed by atoms with Crippen molar-refractivity contribution in [2.45, 2.75) is 43.9 Å². The maximum atomic E-state index is 13.5. The molecule has 27 heavy (non-hydrogen) atoms. The van der Waals surface area contributed by atoms with E-state index in [4.69, 9.17) is 4.74 Å². The van der Waals surface area contributed by atoms with Gasteiger partial charge in [-0.05, 0) is 31.2 Å². The van der Waals surface area contributed by atoms with E-state index in [1.54, 1.807) is 7.11 Å². The van der Waals surface area contributed by atoms with Crippen molar-refractivity contribution in [2.24, 2.45) is 11.3 Å². The zero-order valence-electron chi connectivity index (χ0n) is 16.2. The highest BCUT2D eigenvalue weighted by Gasteiger charge is 2.58. The highest BCUT2D eigenvalue weighted by atomic mass is 16.5. The summed E-state index contributed by atoms with van der Waals surface area (Å²) < 4.78 is 5.05. The van der Waals surface area contributed by atoms with Crippen LogP contribution in [0.1, 0.15) is 44.1 Å². The Morgan fingerprint density at radius 1 is 1.15 bits per heavy atom. The Bertz CT molecular complexity index is 693. The van der Waals surface area contributed by atoms with E-state index in [0.29, 0.717) is 19.7 Å². The van der Waals surface area contributed by atoms with Crippen molar-refractivity contribution >= 4 is 11.8 Å². The van der Waals surface area contributed by atoms with E-state index in [1.807, 2.05) is 23.1 Å². The van der Waals surface area contributed by atoms with Crippen molar-refractivity contribution in [1.29, 1.82) is 0 Å². The van der Waals surface area contributed by atoms with E-state index in [1.165, 1.54) is 0 Å². The molecule has 146 valence electrons. The molecule has 1 spiro atoms. The van der Waals surface area contributed by atoms with Crippen molar-refractivity contribution < 1.29 is 14.3 Å². The molecule has 5 nitrogen and oxygen atoms in total. The highest BCUT2D eigenvalue weighted by Crippen LogP contribution is 2.54. The number of carbonyl (C=O) groups is 2. The van der Waals surface area contributed by atoms with E-state index >= 15 is 0 Å². The third kappa shape index (κ3) is 3.27. The molecule has 1 atom stereocenters. The Labute approximate surface area is 161 Å². The normalized spacial score (nSPS) is 24.9. The van der Waals surface area contributed by atoms with Gasteiger partial charge < -0.3 is 15.0 Å². The maximum Gasteiger partial charge on any atom is 0.233 e. The van der Waals surface area contributed by atoms with Crippen LogP contribution in [0.2, 0.25) is 0 Å². The van der Waals surface area contributed by atoms with Gasteiger partial charge in [0, 0.05) is 32.2 Å². The maximum absolute atomic E-state index is 13.5. The monoisotopic (exact) mass is 370 g/mol. The lowest BCUT2D eigenvalue weighted by molar-refractivity contribution is -0.133. The molecule has 1 aliphatic heterocycles. The fourth-order valence-electron chi connectivity index (χ4n) is 5.28. The average molecular weight is 370 g/mol. The minimum absolute atomic E-state index is 0.0282. The summed E-state index contributed by atoms with van der Waals surface area (Å²) in [5, 5.41) is 3.02. The molecule has 0 aromatic heterocycles. The first-order valence-electron chi connectivity index (χ1n) is 10.2. The summed E-state index contributed by atoms with van der Waals surface area (Å²) in [4.78, 5) is 28.4. The van der Waals surface area contributed by atoms with Crippen LogP contribution in [0, 0.1) is 11.3 Å². The van der Waals surface area contributed by atoms with Crippen molar-refractivity contribution in [1.82, 2.24) is 10.2 Å². The Hall–Kier alpha value is -1.88. The predicted octanol–water partition coefficient (Wildman–Crippen LogP) is 2.50. The lowest BCUT2D eigenvalue weighted by atomic mass is 9.76. The third-order valence-corrected chi connectivity index (χ3v) is 6.94. The van der Waals surface area contributed by atoms with E-state index in [0.717, 1.165) is 50.6 Å². The molecule has 2 saturated carbocycles. The van der Waals surface area contributed by atoms with Crippen LogP contribution in [0.3, 0.4) is 0 Å². The number of nitrogens with zero attached hydrogens (tertiary/aromatic N) is 1. The van der Waals surface area contributed by atoms with Crippen LogP contribution in [-0.2, 0) is 19.7 Å². The number of nitrogens with one attached hydrogen (secondary N) is 1. The molecule has 1 aromatic carbocycles. The summed E-state index contributed by atoms with van der Waals surface area (Å²) in [5.74, 6) is 0.230. The number of amides is 2.